The lowest BCUT2D eigenvalue weighted by atomic mass is 9.56. The van der Waals surface area contributed by atoms with Gasteiger partial charge in [0.25, 0.3) is 0 Å². The number of allylic oxidation sites excluding steroid dienone is 1. The summed E-state index contributed by atoms with van der Waals surface area (Å²) in [6.45, 7) is 10.0. The second-order valence-electron chi connectivity index (χ2n) is 7.10. The topological polar surface area (TPSA) is 29.5 Å². The molecule has 0 radical (unpaired) electrons. The molecule has 1 fully saturated rings. The lowest BCUT2D eigenvalue weighted by molar-refractivity contribution is -0.164. The predicted molar refractivity (Wildman–Crippen MR) is 83.6 cm³/mol. The highest BCUT2D eigenvalue weighted by Crippen LogP contribution is 2.52. The Labute approximate surface area is 124 Å². The van der Waals surface area contributed by atoms with Gasteiger partial charge >= 0.3 is 0 Å². The summed E-state index contributed by atoms with van der Waals surface area (Å²) in [7, 11) is 0. The number of aliphatic hydroxyl groups excluding tert-OH is 1. The minimum Gasteiger partial charge on any atom is -0.396 e. The summed E-state index contributed by atoms with van der Waals surface area (Å²) >= 11 is 0. The van der Waals surface area contributed by atoms with Crippen molar-refractivity contribution in [3.63, 3.8) is 0 Å². The molecule has 5 atom stereocenters. The van der Waals surface area contributed by atoms with Crippen LogP contribution in [0.25, 0.3) is 0 Å². The van der Waals surface area contributed by atoms with Crippen molar-refractivity contribution in [1.29, 1.82) is 0 Å². The molecular weight excluding hydrogens is 248 g/mol. The number of hydrogen-bond donors (Lipinski definition) is 1. The van der Waals surface area contributed by atoms with Gasteiger partial charge in [-0.05, 0) is 25.2 Å². The van der Waals surface area contributed by atoms with Gasteiger partial charge in [-0.15, -0.1) is 0 Å². The fourth-order valence-electron chi connectivity index (χ4n) is 4.45. The van der Waals surface area contributed by atoms with E-state index in [4.69, 9.17) is 4.74 Å². The zero-order valence-electron chi connectivity index (χ0n) is 13.7. The summed E-state index contributed by atoms with van der Waals surface area (Å²) < 4.78 is 6.23. The van der Waals surface area contributed by atoms with E-state index in [1.54, 1.807) is 0 Å². The molecule has 0 spiro atoms. The third-order valence-electron chi connectivity index (χ3n) is 5.99. The average Bonchev–Trinajstić information content (AvgIpc) is 2.42. The van der Waals surface area contributed by atoms with E-state index in [-0.39, 0.29) is 12.0 Å². The number of ether oxygens (including phenoxy) is 1. The molecule has 0 saturated carbocycles. The zero-order chi connectivity index (χ0) is 14.8. The number of unbranched alkanes of at least 4 members (excludes halogenated alkanes) is 3. The summed E-state index contributed by atoms with van der Waals surface area (Å²) in [5, 5.41) is 9.94. The van der Waals surface area contributed by atoms with Gasteiger partial charge in [-0.2, -0.15) is 0 Å². The van der Waals surface area contributed by atoms with Crippen LogP contribution in [0.5, 0.6) is 0 Å². The van der Waals surface area contributed by atoms with E-state index in [1.165, 1.54) is 37.7 Å². The first-order valence-corrected chi connectivity index (χ1v) is 8.47. The standard InChI is InChI=1S/C18H32O2/c1-5-6-7-8-9-16-17-13(2)10-14(3)18(11-19,12-20-16)15(17)4/h10,14-17,19H,5-9,11-12H2,1-4H3/t14-,15+,16+,17-,18+/m0/s1. The van der Waals surface area contributed by atoms with Gasteiger partial charge in [0, 0.05) is 11.3 Å². The Morgan fingerprint density at radius 2 is 2.05 bits per heavy atom. The van der Waals surface area contributed by atoms with Gasteiger partial charge in [-0.25, -0.2) is 0 Å². The maximum atomic E-state index is 9.94. The quantitative estimate of drug-likeness (QED) is 0.584. The number of fused-ring (bicyclic) bond motifs is 2. The van der Waals surface area contributed by atoms with Crippen molar-refractivity contribution >= 4 is 0 Å². The van der Waals surface area contributed by atoms with E-state index < -0.39 is 0 Å². The average molecular weight is 280 g/mol. The van der Waals surface area contributed by atoms with Crippen molar-refractivity contribution in [2.75, 3.05) is 13.2 Å². The Bertz CT molecular complexity index is 349. The summed E-state index contributed by atoms with van der Waals surface area (Å²) in [5.74, 6) is 1.45. The molecule has 1 N–H and O–H groups in total. The smallest absolute Gasteiger partial charge is 0.0643 e. The maximum absolute atomic E-state index is 9.94. The summed E-state index contributed by atoms with van der Waals surface area (Å²) in [4.78, 5) is 0. The van der Waals surface area contributed by atoms with Crippen LogP contribution in [0.1, 0.15) is 59.8 Å². The third kappa shape index (κ3) is 2.69. The fraction of sp³-hybridized carbons (Fsp3) is 0.889. The van der Waals surface area contributed by atoms with Crippen LogP contribution in [0.3, 0.4) is 0 Å². The molecule has 0 aromatic rings. The third-order valence-corrected chi connectivity index (χ3v) is 5.99. The summed E-state index contributed by atoms with van der Waals surface area (Å²) in [6, 6.07) is 0. The van der Waals surface area contributed by atoms with Gasteiger partial charge in [0.05, 0.1) is 19.3 Å². The molecule has 116 valence electrons. The van der Waals surface area contributed by atoms with Crippen molar-refractivity contribution in [2.24, 2.45) is 23.2 Å². The zero-order valence-corrected chi connectivity index (χ0v) is 13.7. The molecule has 1 saturated heterocycles. The van der Waals surface area contributed by atoms with E-state index in [2.05, 4.69) is 33.8 Å². The lowest BCUT2D eigenvalue weighted by Crippen LogP contribution is -2.56. The highest BCUT2D eigenvalue weighted by atomic mass is 16.5. The first-order valence-electron chi connectivity index (χ1n) is 8.47. The predicted octanol–water partition coefficient (Wildman–Crippen LogP) is 4.18. The molecule has 2 aliphatic rings. The number of rotatable bonds is 6. The molecule has 0 aromatic carbocycles. The van der Waals surface area contributed by atoms with E-state index in [0.29, 0.717) is 23.9 Å². The summed E-state index contributed by atoms with van der Waals surface area (Å²) in [6.07, 6.45) is 9.15. The van der Waals surface area contributed by atoms with Crippen LogP contribution in [0.4, 0.5) is 0 Å². The van der Waals surface area contributed by atoms with Crippen LogP contribution in [-0.4, -0.2) is 24.4 Å². The van der Waals surface area contributed by atoms with Crippen molar-refractivity contribution in [3.05, 3.63) is 11.6 Å². The lowest BCUT2D eigenvalue weighted by Gasteiger charge is -2.55. The highest BCUT2D eigenvalue weighted by molar-refractivity contribution is 5.20. The van der Waals surface area contributed by atoms with Crippen molar-refractivity contribution in [2.45, 2.75) is 65.9 Å². The van der Waals surface area contributed by atoms with Crippen LogP contribution < -0.4 is 0 Å². The van der Waals surface area contributed by atoms with Crippen molar-refractivity contribution in [1.82, 2.24) is 0 Å². The molecule has 2 heteroatoms. The number of hydrogen-bond acceptors (Lipinski definition) is 2. The second-order valence-corrected chi connectivity index (χ2v) is 7.10. The van der Waals surface area contributed by atoms with Crippen LogP contribution in [-0.2, 0) is 4.74 Å². The largest absolute Gasteiger partial charge is 0.396 e. The van der Waals surface area contributed by atoms with Crippen molar-refractivity contribution < 1.29 is 9.84 Å². The molecule has 0 unspecified atom stereocenters. The highest BCUT2D eigenvalue weighted by Gasteiger charge is 2.52. The normalized spacial score (nSPS) is 40.5. The van der Waals surface area contributed by atoms with E-state index in [1.807, 2.05) is 0 Å². The Kier molecular flexibility index (Phi) is 5.30. The Balaban J connectivity index is 2.08. The Morgan fingerprint density at radius 1 is 1.30 bits per heavy atom. The molecule has 0 aromatic heterocycles. The molecular formula is C18H32O2. The number of aliphatic hydroxyl groups is 1. The molecule has 1 heterocycles. The molecule has 2 nitrogen and oxygen atoms in total. The fourth-order valence-corrected chi connectivity index (χ4v) is 4.45. The minimum atomic E-state index is -0.0515. The molecule has 1 aliphatic heterocycles. The Morgan fingerprint density at radius 3 is 2.70 bits per heavy atom. The van der Waals surface area contributed by atoms with Gasteiger partial charge in [-0.1, -0.05) is 58.1 Å². The van der Waals surface area contributed by atoms with Crippen LogP contribution in [0, 0.1) is 23.2 Å². The molecule has 2 rings (SSSR count). The SMILES string of the molecule is CCCCCC[C@H]1OC[C@@]2(CO)[C@H](C)[C@@H]1C(C)=C[C@@H]2C. The van der Waals surface area contributed by atoms with Gasteiger partial charge in [-0.3, -0.25) is 0 Å². The maximum Gasteiger partial charge on any atom is 0.0643 e. The van der Waals surface area contributed by atoms with E-state index in [9.17, 15) is 5.11 Å². The monoisotopic (exact) mass is 280 g/mol. The second kappa shape index (κ2) is 6.62. The van der Waals surface area contributed by atoms with E-state index >= 15 is 0 Å². The minimum absolute atomic E-state index is 0.0515. The first kappa shape index (κ1) is 16.0. The molecule has 20 heavy (non-hydrogen) atoms. The van der Waals surface area contributed by atoms with E-state index in [0.717, 1.165) is 6.61 Å². The van der Waals surface area contributed by atoms with Gasteiger partial charge in [0.15, 0.2) is 0 Å². The molecule has 2 bridgehead atoms. The van der Waals surface area contributed by atoms with Crippen LogP contribution >= 0.6 is 0 Å². The molecule has 1 aliphatic carbocycles. The van der Waals surface area contributed by atoms with Crippen molar-refractivity contribution in [3.8, 4) is 0 Å². The van der Waals surface area contributed by atoms with Crippen LogP contribution in [0.15, 0.2) is 11.6 Å². The molecule has 0 amide bonds. The van der Waals surface area contributed by atoms with Crippen LogP contribution in [0.2, 0.25) is 0 Å². The van der Waals surface area contributed by atoms with Gasteiger partial charge < -0.3 is 9.84 Å². The van der Waals surface area contributed by atoms with Gasteiger partial charge in [0.1, 0.15) is 0 Å². The first-order chi connectivity index (χ1) is 9.56. The summed E-state index contributed by atoms with van der Waals surface area (Å²) in [5.41, 5.74) is 1.43. The Hall–Kier alpha value is -0.340. The van der Waals surface area contributed by atoms with Gasteiger partial charge in [0.2, 0.25) is 0 Å².